The van der Waals surface area contributed by atoms with E-state index in [4.69, 9.17) is 0 Å². The zero-order valence-corrected chi connectivity index (χ0v) is 11.6. The van der Waals surface area contributed by atoms with E-state index < -0.39 is 0 Å². The molecule has 0 saturated carbocycles. The number of H-pyrrole nitrogens is 1. The van der Waals surface area contributed by atoms with Crippen LogP contribution in [0, 0.1) is 0 Å². The lowest BCUT2D eigenvalue weighted by Crippen LogP contribution is -2.25. The van der Waals surface area contributed by atoms with Crippen LogP contribution >= 0.6 is 0 Å². The van der Waals surface area contributed by atoms with E-state index in [0.717, 1.165) is 29.4 Å². The van der Waals surface area contributed by atoms with Crippen LogP contribution in [0.25, 0.3) is 10.9 Å². The Morgan fingerprint density at radius 3 is 3.05 bits per heavy atom. The number of aromatic amines is 1. The van der Waals surface area contributed by atoms with Gasteiger partial charge in [-0.1, -0.05) is 17.7 Å². The van der Waals surface area contributed by atoms with Crippen molar-refractivity contribution in [2.75, 3.05) is 6.54 Å². The van der Waals surface area contributed by atoms with Crippen molar-refractivity contribution < 1.29 is 4.79 Å². The van der Waals surface area contributed by atoms with Gasteiger partial charge in [-0.15, -0.1) is 0 Å². The molecule has 3 nitrogen and oxygen atoms in total. The van der Waals surface area contributed by atoms with Gasteiger partial charge in [-0.25, -0.2) is 0 Å². The molecule has 0 atom stereocenters. The van der Waals surface area contributed by atoms with E-state index in [1.807, 2.05) is 30.5 Å². The summed E-state index contributed by atoms with van der Waals surface area (Å²) in [6, 6.07) is 7.73. The number of fused-ring (bicyclic) bond motifs is 1. The average Bonchev–Trinajstić information content (AvgIpc) is 2.96. The molecule has 0 saturated heterocycles. The molecule has 1 amide bonds. The summed E-state index contributed by atoms with van der Waals surface area (Å²) < 4.78 is 0. The summed E-state index contributed by atoms with van der Waals surface area (Å²) in [5.41, 5.74) is 3.26. The van der Waals surface area contributed by atoms with E-state index >= 15 is 0 Å². The third kappa shape index (κ3) is 2.77. The van der Waals surface area contributed by atoms with Crippen LogP contribution in [0.2, 0.25) is 0 Å². The van der Waals surface area contributed by atoms with E-state index in [0.29, 0.717) is 0 Å². The Balaban J connectivity index is 1.61. The van der Waals surface area contributed by atoms with Gasteiger partial charge in [0.2, 0.25) is 0 Å². The number of carbonyl (C=O) groups is 1. The van der Waals surface area contributed by atoms with Crippen LogP contribution in [0.1, 0.15) is 42.5 Å². The number of benzene rings is 1. The van der Waals surface area contributed by atoms with Gasteiger partial charge in [-0.05, 0) is 50.3 Å². The van der Waals surface area contributed by atoms with Crippen LogP contribution in [0.4, 0.5) is 0 Å². The first kappa shape index (κ1) is 13.0. The second kappa shape index (κ2) is 5.95. The van der Waals surface area contributed by atoms with Gasteiger partial charge >= 0.3 is 0 Å². The molecule has 104 valence electrons. The molecule has 20 heavy (non-hydrogen) atoms. The van der Waals surface area contributed by atoms with Gasteiger partial charge in [0.25, 0.3) is 5.91 Å². The molecule has 3 heteroatoms. The molecule has 0 fully saturated rings. The number of aromatic nitrogens is 1. The first-order chi connectivity index (χ1) is 9.84. The minimum atomic E-state index is 0.0200. The molecule has 1 aromatic carbocycles. The van der Waals surface area contributed by atoms with E-state index in [9.17, 15) is 4.79 Å². The number of amides is 1. The zero-order chi connectivity index (χ0) is 13.8. The molecular formula is C17H20N2O. The molecular weight excluding hydrogens is 248 g/mol. The molecule has 3 rings (SSSR count). The van der Waals surface area contributed by atoms with Crippen molar-refractivity contribution in [3.63, 3.8) is 0 Å². The number of allylic oxidation sites excluding steroid dienone is 1. The van der Waals surface area contributed by atoms with Crippen molar-refractivity contribution in [1.82, 2.24) is 10.3 Å². The standard InChI is InChI=1S/C17H20N2O/c20-17(19-11-9-13-5-2-1-3-6-13)15-7-4-8-16-14(15)10-12-18-16/h4-5,7-8,10,12,18H,1-3,6,9,11H2,(H,19,20). The molecule has 2 N–H and O–H groups in total. The van der Waals surface area contributed by atoms with Gasteiger partial charge in [0.1, 0.15) is 0 Å². The largest absolute Gasteiger partial charge is 0.361 e. The number of carbonyl (C=O) groups excluding carboxylic acids is 1. The highest BCUT2D eigenvalue weighted by atomic mass is 16.1. The predicted molar refractivity (Wildman–Crippen MR) is 81.8 cm³/mol. The van der Waals surface area contributed by atoms with Gasteiger partial charge in [0.15, 0.2) is 0 Å². The summed E-state index contributed by atoms with van der Waals surface area (Å²) in [5, 5.41) is 4.02. The average molecular weight is 268 g/mol. The lowest BCUT2D eigenvalue weighted by atomic mass is 9.97. The Labute approximate surface area is 119 Å². The van der Waals surface area contributed by atoms with Crippen LogP contribution in [0.3, 0.4) is 0 Å². The summed E-state index contributed by atoms with van der Waals surface area (Å²) in [7, 11) is 0. The quantitative estimate of drug-likeness (QED) is 0.814. The third-order valence-corrected chi connectivity index (χ3v) is 3.96. The van der Waals surface area contributed by atoms with E-state index in [1.165, 1.54) is 31.3 Å². The first-order valence-electron chi connectivity index (χ1n) is 7.37. The van der Waals surface area contributed by atoms with Crippen LogP contribution < -0.4 is 5.32 Å². The maximum Gasteiger partial charge on any atom is 0.251 e. The molecule has 0 spiro atoms. The number of nitrogens with one attached hydrogen (secondary N) is 2. The van der Waals surface area contributed by atoms with Gasteiger partial charge < -0.3 is 10.3 Å². The maximum absolute atomic E-state index is 12.3. The topological polar surface area (TPSA) is 44.9 Å². The highest BCUT2D eigenvalue weighted by Crippen LogP contribution is 2.20. The lowest BCUT2D eigenvalue weighted by Gasteiger charge is -2.13. The fourth-order valence-electron chi connectivity index (χ4n) is 2.85. The molecule has 0 radical (unpaired) electrons. The lowest BCUT2D eigenvalue weighted by molar-refractivity contribution is 0.0955. The van der Waals surface area contributed by atoms with Gasteiger partial charge in [-0.3, -0.25) is 4.79 Å². The molecule has 1 aliphatic carbocycles. The Morgan fingerprint density at radius 1 is 1.25 bits per heavy atom. The molecule has 1 aliphatic rings. The number of rotatable bonds is 4. The van der Waals surface area contributed by atoms with Crippen molar-refractivity contribution in [3.05, 3.63) is 47.7 Å². The van der Waals surface area contributed by atoms with E-state index in [-0.39, 0.29) is 5.91 Å². The Kier molecular flexibility index (Phi) is 3.86. The minimum absolute atomic E-state index is 0.0200. The summed E-state index contributed by atoms with van der Waals surface area (Å²) >= 11 is 0. The van der Waals surface area contributed by atoms with Gasteiger partial charge in [-0.2, -0.15) is 0 Å². The fourth-order valence-corrected chi connectivity index (χ4v) is 2.85. The van der Waals surface area contributed by atoms with Crippen molar-refractivity contribution in [2.24, 2.45) is 0 Å². The maximum atomic E-state index is 12.3. The smallest absolute Gasteiger partial charge is 0.251 e. The molecule has 0 aliphatic heterocycles. The van der Waals surface area contributed by atoms with Crippen molar-refractivity contribution in [1.29, 1.82) is 0 Å². The normalized spacial score (nSPS) is 15.1. The van der Waals surface area contributed by atoms with E-state index in [2.05, 4.69) is 16.4 Å². The SMILES string of the molecule is O=C(NCCC1=CCCCC1)c1cccc2[nH]ccc12. The second-order valence-corrected chi connectivity index (χ2v) is 5.36. The summed E-state index contributed by atoms with van der Waals surface area (Å²) in [4.78, 5) is 15.4. The Hall–Kier alpha value is -2.03. The molecule has 0 bridgehead atoms. The van der Waals surface area contributed by atoms with Crippen LogP contribution in [0.15, 0.2) is 42.1 Å². The van der Waals surface area contributed by atoms with Crippen LogP contribution in [-0.4, -0.2) is 17.4 Å². The zero-order valence-electron chi connectivity index (χ0n) is 11.6. The minimum Gasteiger partial charge on any atom is -0.361 e. The number of hydrogen-bond acceptors (Lipinski definition) is 1. The highest BCUT2D eigenvalue weighted by molar-refractivity contribution is 6.06. The molecule has 1 aromatic heterocycles. The van der Waals surface area contributed by atoms with Crippen molar-refractivity contribution >= 4 is 16.8 Å². The first-order valence-corrected chi connectivity index (χ1v) is 7.37. The van der Waals surface area contributed by atoms with Crippen LogP contribution in [0.5, 0.6) is 0 Å². The van der Waals surface area contributed by atoms with Crippen LogP contribution in [-0.2, 0) is 0 Å². The summed E-state index contributed by atoms with van der Waals surface area (Å²) in [5.74, 6) is 0.0200. The molecule has 1 heterocycles. The van der Waals surface area contributed by atoms with E-state index in [1.54, 1.807) is 0 Å². The van der Waals surface area contributed by atoms with Gasteiger partial charge in [0.05, 0.1) is 0 Å². The summed E-state index contributed by atoms with van der Waals surface area (Å²) in [6.45, 7) is 0.728. The Morgan fingerprint density at radius 2 is 2.20 bits per heavy atom. The van der Waals surface area contributed by atoms with Crippen molar-refractivity contribution in [3.8, 4) is 0 Å². The fraction of sp³-hybridized carbons (Fsp3) is 0.353. The molecule has 0 unspecified atom stereocenters. The highest BCUT2D eigenvalue weighted by Gasteiger charge is 2.10. The van der Waals surface area contributed by atoms with Crippen molar-refractivity contribution in [2.45, 2.75) is 32.1 Å². The predicted octanol–water partition coefficient (Wildman–Crippen LogP) is 3.79. The number of hydrogen-bond donors (Lipinski definition) is 2. The van der Waals surface area contributed by atoms with Gasteiger partial charge in [0, 0.05) is 29.2 Å². The monoisotopic (exact) mass is 268 g/mol. The third-order valence-electron chi connectivity index (χ3n) is 3.96. The summed E-state index contributed by atoms with van der Waals surface area (Å²) in [6.07, 6.45) is 10.2. The second-order valence-electron chi connectivity index (χ2n) is 5.36. The molecule has 2 aromatic rings. The Bertz CT molecular complexity index is 639.